The summed E-state index contributed by atoms with van der Waals surface area (Å²) in [4.78, 5) is 14.3. The van der Waals surface area contributed by atoms with Crippen molar-refractivity contribution in [3.8, 4) is 0 Å². The number of nitrogens with zero attached hydrogens (tertiary/aromatic N) is 1. The van der Waals surface area contributed by atoms with Gasteiger partial charge in [-0.2, -0.15) is 0 Å². The fourth-order valence-corrected chi connectivity index (χ4v) is 1.49. The van der Waals surface area contributed by atoms with Crippen molar-refractivity contribution >= 4 is 5.78 Å². The number of morpholine rings is 1. The normalized spacial score (nSPS) is 19.5. The molecule has 0 aromatic rings. The zero-order valence-electron chi connectivity index (χ0n) is 10.4. The zero-order valence-corrected chi connectivity index (χ0v) is 10.4. The lowest BCUT2D eigenvalue weighted by molar-refractivity contribution is -0.131. The van der Waals surface area contributed by atoms with Crippen LogP contribution in [0.4, 0.5) is 0 Å². The maximum Gasteiger partial charge on any atom is 0.152 e. The largest absolute Gasteiger partial charge is 0.379 e. The van der Waals surface area contributed by atoms with E-state index in [0.717, 1.165) is 26.3 Å². The van der Waals surface area contributed by atoms with Crippen molar-refractivity contribution in [2.24, 2.45) is 11.3 Å². The van der Waals surface area contributed by atoms with Gasteiger partial charge in [-0.1, -0.05) is 27.7 Å². The van der Waals surface area contributed by atoms with E-state index < -0.39 is 0 Å². The SMILES string of the molecule is CC(C)C(C)(C)C(=O)CN1CCOCC1. The second kappa shape index (κ2) is 5.08. The minimum Gasteiger partial charge on any atom is -0.379 e. The Morgan fingerprint density at radius 3 is 2.33 bits per heavy atom. The monoisotopic (exact) mass is 213 g/mol. The number of hydrogen-bond donors (Lipinski definition) is 0. The molecule has 0 aromatic heterocycles. The third kappa shape index (κ3) is 3.28. The van der Waals surface area contributed by atoms with Crippen LogP contribution < -0.4 is 0 Å². The molecule has 0 saturated carbocycles. The van der Waals surface area contributed by atoms with Gasteiger partial charge in [0.15, 0.2) is 5.78 Å². The molecule has 0 atom stereocenters. The summed E-state index contributed by atoms with van der Waals surface area (Å²) in [5.41, 5.74) is -0.210. The van der Waals surface area contributed by atoms with E-state index in [1.165, 1.54) is 0 Å². The first-order valence-electron chi connectivity index (χ1n) is 5.78. The van der Waals surface area contributed by atoms with Crippen LogP contribution in [0.25, 0.3) is 0 Å². The lowest BCUT2D eigenvalue weighted by Crippen LogP contribution is -2.44. The molecule has 0 aliphatic carbocycles. The molecule has 1 fully saturated rings. The van der Waals surface area contributed by atoms with Gasteiger partial charge in [0.1, 0.15) is 0 Å². The van der Waals surface area contributed by atoms with Crippen molar-refractivity contribution in [1.29, 1.82) is 0 Å². The molecule has 0 spiro atoms. The molecule has 3 heteroatoms. The molecule has 15 heavy (non-hydrogen) atoms. The first-order valence-corrected chi connectivity index (χ1v) is 5.78. The van der Waals surface area contributed by atoms with Crippen molar-refractivity contribution in [2.75, 3.05) is 32.8 Å². The summed E-state index contributed by atoms with van der Waals surface area (Å²) in [6, 6.07) is 0. The van der Waals surface area contributed by atoms with Gasteiger partial charge in [0.25, 0.3) is 0 Å². The second-order valence-electron chi connectivity index (χ2n) is 5.19. The number of hydrogen-bond acceptors (Lipinski definition) is 3. The van der Waals surface area contributed by atoms with E-state index in [1.54, 1.807) is 0 Å². The molecule has 3 nitrogen and oxygen atoms in total. The van der Waals surface area contributed by atoms with Crippen LogP contribution in [0.2, 0.25) is 0 Å². The molecule has 0 unspecified atom stereocenters. The number of carbonyl (C=O) groups is 1. The fraction of sp³-hybridized carbons (Fsp3) is 0.917. The van der Waals surface area contributed by atoms with Crippen molar-refractivity contribution < 1.29 is 9.53 Å². The van der Waals surface area contributed by atoms with E-state index in [2.05, 4.69) is 18.7 Å². The van der Waals surface area contributed by atoms with Gasteiger partial charge in [0.05, 0.1) is 19.8 Å². The van der Waals surface area contributed by atoms with E-state index in [4.69, 9.17) is 4.74 Å². The van der Waals surface area contributed by atoms with E-state index in [1.807, 2.05) is 13.8 Å². The van der Waals surface area contributed by atoms with Crippen molar-refractivity contribution in [1.82, 2.24) is 4.90 Å². The summed E-state index contributed by atoms with van der Waals surface area (Å²) in [5.74, 6) is 0.741. The van der Waals surface area contributed by atoms with Crippen LogP contribution in [-0.4, -0.2) is 43.5 Å². The van der Waals surface area contributed by atoms with Crippen molar-refractivity contribution in [2.45, 2.75) is 27.7 Å². The standard InChI is InChI=1S/C12H23NO2/c1-10(2)12(3,4)11(14)9-13-5-7-15-8-6-13/h10H,5-9H2,1-4H3. The van der Waals surface area contributed by atoms with Gasteiger partial charge in [-0.3, -0.25) is 9.69 Å². The highest BCUT2D eigenvalue weighted by molar-refractivity contribution is 5.86. The van der Waals surface area contributed by atoms with E-state index >= 15 is 0 Å². The molecule has 0 N–H and O–H groups in total. The average Bonchev–Trinajstić information content (AvgIpc) is 2.18. The Kier molecular flexibility index (Phi) is 4.29. The van der Waals surface area contributed by atoms with E-state index in [-0.39, 0.29) is 5.41 Å². The summed E-state index contributed by atoms with van der Waals surface area (Å²) >= 11 is 0. The zero-order chi connectivity index (χ0) is 11.5. The van der Waals surface area contributed by atoms with Gasteiger partial charge in [-0.05, 0) is 5.92 Å². The van der Waals surface area contributed by atoms with Gasteiger partial charge in [-0.15, -0.1) is 0 Å². The number of carbonyl (C=O) groups excluding carboxylic acids is 1. The Morgan fingerprint density at radius 2 is 1.87 bits per heavy atom. The molecule has 1 saturated heterocycles. The van der Waals surface area contributed by atoms with Crippen LogP contribution >= 0.6 is 0 Å². The summed E-state index contributed by atoms with van der Waals surface area (Å²) in [5, 5.41) is 0. The highest BCUT2D eigenvalue weighted by atomic mass is 16.5. The van der Waals surface area contributed by atoms with Crippen LogP contribution in [0.1, 0.15) is 27.7 Å². The first-order chi connectivity index (χ1) is 6.94. The maximum absolute atomic E-state index is 12.1. The minimum absolute atomic E-state index is 0.210. The molecular weight excluding hydrogens is 190 g/mol. The summed E-state index contributed by atoms with van der Waals surface area (Å²) < 4.78 is 5.26. The highest BCUT2D eigenvalue weighted by Crippen LogP contribution is 2.27. The molecule has 1 aliphatic heterocycles. The molecule has 0 amide bonds. The molecule has 0 aromatic carbocycles. The van der Waals surface area contributed by atoms with E-state index in [0.29, 0.717) is 18.2 Å². The number of Topliss-reactive ketones (excluding diaryl/α,β-unsaturated/α-hetero) is 1. The number of ether oxygens (including phenoxy) is 1. The molecule has 0 bridgehead atoms. The predicted octanol–water partition coefficient (Wildman–Crippen LogP) is 1.57. The number of rotatable bonds is 4. The second-order valence-corrected chi connectivity index (χ2v) is 5.19. The molecule has 1 heterocycles. The highest BCUT2D eigenvalue weighted by Gasteiger charge is 2.32. The Balaban J connectivity index is 2.46. The summed E-state index contributed by atoms with van der Waals surface area (Å²) in [6.07, 6.45) is 0. The summed E-state index contributed by atoms with van der Waals surface area (Å²) in [7, 11) is 0. The van der Waals surface area contributed by atoms with Crippen LogP contribution in [0.3, 0.4) is 0 Å². The molecule has 1 aliphatic rings. The predicted molar refractivity (Wildman–Crippen MR) is 60.9 cm³/mol. The smallest absolute Gasteiger partial charge is 0.152 e. The Labute approximate surface area is 92.8 Å². The summed E-state index contributed by atoms with van der Waals surface area (Å²) in [6.45, 7) is 12.2. The quantitative estimate of drug-likeness (QED) is 0.710. The Hall–Kier alpha value is -0.410. The van der Waals surface area contributed by atoms with Gasteiger partial charge in [0.2, 0.25) is 0 Å². The van der Waals surface area contributed by atoms with E-state index in [9.17, 15) is 4.79 Å². The van der Waals surface area contributed by atoms with Crippen LogP contribution in [0.5, 0.6) is 0 Å². The maximum atomic E-state index is 12.1. The Morgan fingerprint density at radius 1 is 1.33 bits per heavy atom. The van der Waals surface area contributed by atoms with Crippen molar-refractivity contribution in [3.63, 3.8) is 0 Å². The lowest BCUT2D eigenvalue weighted by Gasteiger charge is -2.32. The van der Waals surface area contributed by atoms with Gasteiger partial charge >= 0.3 is 0 Å². The third-order valence-corrected chi connectivity index (χ3v) is 3.63. The fourth-order valence-electron chi connectivity index (χ4n) is 1.49. The Bertz CT molecular complexity index is 218. The van der Waals surface area contributed by atoms with Crippen LogP contribution in [-0.2, 0) is 9.53 Å². The third-order valence-electron chi connectivity index (χ3n) is 3.63. The lowest BCUT2D eigenvalue weighted by atomic mass is 9.77. The molecular formula is C12H23NO2. The average molecular weight is 213 g/mol. The first kappa shape index (κ1) is 12.7. The molecule has 88 valence electrons. The van der Waals surface area contributed by atoms with Gasteiger partial charge in [-0.25, -0.2) is 0 Å². The minimum atomic E-state index is -0.210. The van der Waals surface area contributed by atoms with Crippen LogP contribution in [0, 0.1) is 11.3 Å². The number of ketones is 1. The van der Waals surface area contributed by atoms with Gasteiger partial charge in [0, 0.05) is 18.5 Å². The van der Waals surface area contributed by atoms with Gasteiger partial charge < -0.3 is 4.74 Å². The van der Waals surface area contributed by atoms with Crippen LogP contribution in [0.15, 0.2) is 0 Å². The topological polar surface area (TPSA) is 29.5 Å². The molecule has 0 radical (unpaired) electrons. The molecule has 1 rings (SSSR count). The van der Waals surface area contributed by atoms with Crippen molar-refractivity contribution in [3.05, 3.63) is 0 Å².